The van der Waals surface area contributed by atoms with Crippen molar-refractivity contribution in [1.82, 2.24) is 14.4 Å². The van der Waals surface area contributed by atoms with Gasteiger partial charge in [-0.1, -0.05) is 23.9 Å². The minimum Gasteiger partial charge on any atom is -0.272 e. The lowest BCUT2D eigenvalue weighted by atomic mass is 10.0. The van der Waals surface area contributed by atoms with Gasteiger partial charge in [0.2, 0.25) is 0 Å². The molecular weight excluding hydrogens is 324 g/mol. The van der Waals surface area contributed by atoms with Gasteiger partial charge in [0.1, 0.15) is 5.65 Å². The molecule has 0 spiro atoms. The molecule has 1 aromatic carbocycles. The number of fused-ring (bicyclic) bond motifs is 3. The van der Waals surface area contributed by atoms with E-state index in [2.05, 4.69) is 9.97 Å². The number of rotatable bonds is 3. The number of nitrogens with zero attached hydrogens (tertiary/aromatic N) is 4. The molecule has 0 atom stereocenters. The average molecular weight is 336 g/mol. The van der Waals surface area contributed by atoms with E-state index in [0.29, 0.717) is 0 Å². The number of hydrogen-bond acceptors (Lipinski definition) is 5. The van der Waals surface area contributed by atoms with E-state index in [1.165, 1.54) is 17.8 Å². The number of non-ortho nitro benzene ring substituents is 1. The van der Waals surface area contributed by atoms with Crippen LogP contribution in [0.5, 0.6) is 0 Å². The minimum absolute atomic E-state index is 0.0723. The molecule has 0 bridgehead atoms. The monoisotopic (exact) mass is 336 g/mol. The SMILES string of the molecule is CSc1nccc2c(-c3cccc([N+](=O)[O-])c3)c3cccnc3n12. The van der Waals surface area contributed by atoms with Crippen molar-refractivity contribution < 1.29 is 4.92 Å². The Morgan fingerprint density at radius 2 is 2.00 bits per heavy atom. The highest BCUT2D eigenvalue weighted by Crippen LogP contribution is 2.37. The number of aromatic nitrogens is 3. The second kappa shape index (κ2) is 5.61. The third kappa shape index (κ3) is 2.13. The summed E-state index contributed by atoms with van der Waals surface area (Å²) < 4.78 is 1.99. The molecule has 24 heavy (non-hydrogen) atoms. The van der Waals surface area contributed by atoms with Crippen molar-refractivity contribution in [1.29, 1.82) is 0 Å². The summed E-state index contributed by atoms with van der Waals surface area (Å²) in [4.78, 5) is 19.7. The van der Waals surface area contributed by atoms with Crippen molar-refractivity contribution in [3.05, 3.63) is 65.0 Å². The molecule has 0 amide bonds. The highest BCUT2D eigenvalue weighted by molar-refractivity contribution is 7.98. The lowest BCUT2D eigenvalue weighted by Gasteiger charge is -2.04. The lowest BCUT2D eigenvalue weighted by molar-refractivity contribution is -0.384. The number of pyridine rings is 1. The van der Waals surface area contributed by atoms with E-state index in [1.54, 1.807) is 24.5 Å². The summed E-state index contributed by atoms with van der Waals surface area (Å²) in [7, 11) is 0. The van der Waals surface area contributed by atoms with Gasteiger partial charge in [0.15, 0.2) is 5.16 Å². The van der Waals surface area contributed by atoms with Gasteiger partial charge in [-0.3, -0.25) is 14.5 Å². The van der Waals surface area contributed by atoms with Gasteiger partial charge in [0, 0.05) is 35.5 Å². The van der Waals surface area contributed by atoms with Crippen LogP contribution in [-0.4, -0.2) is 25.5 Å². The van der Waals surface area contributed by atoms with Crippen molar-refractivity contribution in [2.24, 2.45) is 0 Å². The zero-order valence-electron chi connectivity index (χ0n) is 12.7. The highest BCUT2D eigenvalue weighted by Gasteiger charge is 2.18. The smallest absolute Gasteiger partial charge is 0.270 e. The minimum atomic E-state index is -0.378. The van der Waals surface area contributed by atoms with Crippen LogP contribution in [-0.2, 0) is 0 Å². The van der Waals surface area contributed by atoms with Crippen LogP contribution in [0.15, 0.2) is 60.0 Å². The molecule has 3 aromatic heterocycles. The Bertz CT molecular complexity index is 1090. The van der Waals surface area contributed by atoms with Crippen molar-refractivity contribution in [3.8, 4) is 11.1 Å². The van der Waals surface area contributed by atoms with E-state index < -0.39 is 0 Å². The van der Waals surface area contributed by atoms with Crippen LogP contribution in [0.4, 0.5) is 5.69 Å². The fraction of sp³-hybridized carbons (Fsp3) is 0.0588. The summed E-state index contributed by atoms with van der Waals surface area (Å²) in [6.07, 6.45) is 5.45. The lowest BCUT2D eigenvalue weighted by Crippen LogP contribution is -1.93. The first-order valence-electron chi connectivity index (χ1n) is 7.23. The standard InChI is InChI=1S/C17H12N4O2S/c1-24-17-19-9-7-14-15(11-4-2-5-12(10-11)21(22)23)13-6-3-8-18-16(13)20(14)17/h2-10H,1H3. The predicted octanol–water partition coefficient (Wildman–Crippen LogP) is 4.18. The summed E-state index contributed by atoms with van der Waals surface area (Å²) in [5.41, 5.74) is 3.53. The van der Waals surface area contributed by atoms with E-state index in [4.69, 9.17) is 0 Å². The number of hydrogen-bond donors (Lipinski definition) is 0. The summed E-state index contributed by atoms with van der Waals surface area (Å²) in [5.74, 6) is 0. The van der Waals surface area contributed by atoms with Crippen LogP contribution < -0.4 is 0 Å². The average Bonchev–Trinajstić information content (AvgIpc) is 2.96. The van der Waals surface area contributed by atoms with Crippen molar-refractivity contribution in [2.75, 3.05) is 6.26 Å². The van der Waals surface area contributed by atoms with Crippen molar-refractivity contribution in [2.45, 2.75) is 5.16 Å². The summed E-state index contributed by atoms with van der Waals surface area (Å²) in [5, 5.41) is 12.9. The van der Waals surface area contributed by atoms with Gasteiger partial charge in [0.05, 0.1) is 10.4 Å². The van der Waals surface area contributed by atoms with Gasteiger partial charge < -0.3 is 0 Å². The predicted molar refractivity (Wildman–Crippen MR) is 94.4 cm³/mol. The third-order valence-electron chi connectivity index (χ3n) is 3.90. The van der Waals surface area contributed by atoms with Gasteiger partial charge in [0.25, 0.3) is 5.69 Å². The van der Waals surface area contributed by atoms with Gasteiger partial charge >= 0.3 is 0 Å². The molecule has 118 valence electrons. The molecule has 0 saturated carbocycles. The molecule has 4 aromatic rings. The van der Waals surface area contributed by atoms with E-state index in [9.17, 15) is 10.1 Å². The molecule has 0 aliphatic rings. The Morgan fingerprint density at radius 3 is 2.79 bits per heavy atom. The fourth-order valence-electron chi connectivity index (χ4n) is 2.94. The molecule has 3 heterocycles. The van der Waals surface area contributed by atoms with Gasteiger partial charge in [-0.05, 0) is 30.0 Å². The Morgan fingerprint density at radius 1 is 1.12 bits per heavy atom. The van der Waals surface area contributed by atoms with Gasteiger partial charge in [-0.15, -0.1) is 0 Å². The Kier molecular flexibility index (Phi) is 3.42. The summed E-state index contributed by atoms with van der Waals surface area (Å²) >= 11 is 1.53. The first kappa shape index (κ1) is 14.6. The zero-order valence-corrected chi connectivity index (χ0v) is 13.5. The van der Waals surface area contributed by atoms with E-state index in [0.717, 1.165) is 32.8 Å². The van der Waals surface area contributed by atoms with E-state index in [1.807, 2.05) is 34.9 Å². The highest BCUT2D eigenvalue weighted by atomic mass is 32.2. The van der Waals surface area contributed by atoms with Crippen LogP contribution in [0.1, 0.15) is 0 Å². The first-order chi connectivity index (χ1) is 11.7. The van der Waals surface area contributed by atoms with Gasteiger partial charge in [-0.2, -0.15) is 0 Å². The molecule has 6 nitrogen and oxygen atoms in total. The Balaban J connectivity index is 2.15. The quantitative estimate of drug-likeness (QED) is 0.243. The molecule has 0 fully saturated rings. The number of benzene rings is 1. The summed E-state index contributed by atoms with van der Waals surface area (Å²) in [6, 6.07) is 12.4. The second-order valence-corrected chi connectivity index (χ2v) is 5.98. The van der Waals surface area contributed by atoms with Crippen LogP contribution in [0.2, 0.25) is 0 Å². The molecule has 0 N–H and O–H groups in total. The normalized spacial score (nSPS) is 11.2. The largest absolute Gasteiger partial charge is 0.272 e. The zero-order chi connectivity index (χ0) is 16.7. The molecule has 0 aliphatic carbocycles. The molecule has 7 heteroatoms. The third-order valence-corrected chi connectivity index (χ3v) is 4.55. The molecule has 0 radical (unpaired) electrons. The molecule has 0 unspecified atom stereocenters. The maximum absolute atomic E-state index is 11.1. The molecule has 4 rings (SSSR count). The topological polar surface area (TPSA) is 73.3 Å². The van der Waals surface area contributed by atoms with Crippen LogP contribution in [0.25, 0.3) is 27.7 Å². The maximum atomic E-state index is 11.1. The van der Waals surface area contributed by atoms with E-state index in [-0.39, 0.29) is 10.6 Å². The van der Waals surface area contributed by atoms with Crippen LogP contribution in [0.3, 0.4) is 0 Å². The molecule has 0 saturated heterocycles. The maximum Gasteiger partial charge on any atom is 0.270 e. The number of nitro benzene ring substituents is 1. The first-order valence-corrected chi connectivity index (χ1v) is 8.46. The second-order valence-electron chi connectivity index (χ2n) is 5.21. The Labute approximate surface area is 141 Å². The molecular formula is C17H12N4O2S. The van der Waals surface area contributed by atoms with Crippen molar-refractivity contribution in [3.63, 3.8) is 0 Å². The number of nitro groups is 1. The van der Waals surface area contributed by atoms with Crippen LogP contribution >= 0.6 is 11.8 Å². The fourth-order valence-corrected chi connectivity index (χ4v) is 3.47. The molecule has 0 aliphatic heterocycles. The van der Waals surface area contributed by atoms with E-state index >= 15 is 0 Å². The number of thioether (sulfide) groups is 1. The van der Waals surface area contributed by atoms with Gasteiger partial charge in [-0.25, -0.2) is 9.97 Å². The summed E-state index contributed by atoms with van der Waals surface area (Å²) in [6.45, 7) is 0. The van der Waals surface area contributed by atoms with Crippen molar-refractivity contribution >= 4 is 34.0 Å². The Hall–Kier alpha value is -2.93. The van der Waals surface area contributed by atoms with Crippen LogP contribution in [0, 0.1) is 10.1 Å².